The molecular formula is C14H12N2S. The molecule has 2 nitrogen and oxygen atoms in total. The van der Waals surface area contributed by atoms with Gasteiger partial charge in [0.15, 0.2) is 5.50 Å². The van der Waals surface area contributed by atoms with Gasteiger partial charge in [0, 0.05) is 0 Å². The van der Waals surface area contributed by atoms with E-state index in [-0.39, 0.29) is 0 Å². The average molecular weight is 240 g/mol. The Kier molecular flexibility index (Phi) is 1.91. The van der Waals surface area contributed by atoms with Gasteiger partial charge in [0.25, 0.3) is 0 Å². The van der Waals surface area contributed by atoms with Crippen molar-refractivity contribution in [2.24, 2.45) is 0 Å². The van der Waals surface area contributed by atoms with Crippen LogP contribution in [0.5, 0.6) is 0 Å². The summed E-state index contributed by atoms with van der Waals surface area (Å²) in [6.45, 7) is 0. The van der Waals surface area contributed by atoms with Gasteiger partial charge in [-0.3, -0.25) is 0 Å². The van der Waals surface area contributed by atoms with Crippen LogP contribution in [0.3, 0.4) is 0 Å². The Balaban J connectivity index is 1.84. The molecule has 0 radical (unpaired) electrons. The Labute approximate surface area is 105 Å². The third-order valence-corrected chi connectivity index (χ3v) is 4.39. The lowest BCUT2D eigenvalue weighted by Gasteiger charge is -2.37. The maximum absolute atomic E-state index is 3.56. The van der Waals surface area contributed by atoms with Crippen molar-refractivity contribution in [3.05, 3.63) is 59.6 Å². The Morgan fingerprint density at radius 1 is 1.18 bits per heavy atom. The molecule has 3 heteroatoms. The minimum absolute atomic E-state index is 0.331. The lowest BCUT2D eigenvalue weighted by atomic mass is 10.0. The molecule has 0 bridgehead atoms. The van der Waals surface area contributed by atoms with Gasteiger partial charge in [-0.05, 0) is 23.1 Å². The molecule has 1 aromatic rings. The summed E-state index contributed by atoms with van der Waals surface area (Å²) in [5.41, 5.74) is 4.26. The van der Waals surface area contributed by atoms with E-state index in [1.807, 2.05) is 11.8 Å². The van der Waals surface area contributed by atoms with Crippen LogP contribution in [-0.4, -0.2) is 11.5 Å². The minimum atomic E-state index is 0.331. The van der Waals surface area contributed by atoms with Crippen molar-refractivity contribution in [1.82, 2.24) is 0 Å². The monoisotopic (exact) mass is 240 g/mol. The first kappa shape index (κ1) is 9.42. The van der Waals surface area contributed by atoms with Gasteiger partial charge in [0.1, 0.15) is 0 Å². The highest BCUT2D eigenvalue weighted by atomic mass is 32.2. The molecule has 0 saturated heterocycles. The first-order chi connectivity index (χ1) is 8.43. The number of hydrogen-bond donors (Lipinski definition) is 1. The van der Waals surface area contributed by atoms with E-state index in [0.29, 0.717) is 11.5 Å². The van der Waals surface area contributed by atoms with E-state index in [2.05, 4.69) is 64.2 Å². The summed E-state index contributed by atoms with van der Waals surface area (Å²) in [7, 11) is 0. The number of para-hydroxylation sites is 2. The molecule has 0 aromatic heterocycles. The zero-order valence-electron chi connectivity index (χ0n) is 9.21. The summed E-state index contributed by atoms with van der Waals surface area (Å²) < 4.78 is 0. The van der Waals surface area contributed by atoms with Gasteiger partial charge in [0.2, 0.25) is 0 Å². The highest BCUT2D eigenvalue weighted by Crippen LogP contribution is 2.45. The van der Waals surface area contributed by atoms with Crippen molar-refractivity contribution in [2.45, 2.75) is 11.5 Å². The van der Waals surface area contributed by atoms with Crippen LogP contribution < -0.4 is 10.2 Å². The van der Waals surface area contributed by atoms with Crippen LogP contribution in [-0.2, 0) is 0 Å². The molecule has 2 atom stereocenters. The molecule has 0 amide bonds. The molecule has 4 rings (SSSR count). The van der Waals surface area contributed by atoms with E-state index in [1.54, 1.807) is 0 Å². The zero-order valence-corrected chi connectivity index (χ0v) is 10.0. The lowest BCUT2D eigenvalue weighted by Crippen LogP contribution is -2.43. The Bertz CT molecular complexity index is 559. The number of rotatable bonds is 0. The van der Waals surface area contributed by atoms with Gasteiger partial charge >= 0.3 is 0 Å². The summed E-state index contributed by atoms with van der Waals surface area (Å²) in [6.07, 6.45) is 8.71. The Morgan fingerprint density at radius 3 is 3.12 bits per heavy atom. The number of hydrogen-bond acceptors (Lipinski definition) is 3. The number of nitrogens with one attached hydrogen (secondary N) is 1. The predicted octanol–water partition coefficient (Wildman–Crippen LogP) is 3.33. The maximum atomic E-state index is 3.56. The molecule has 2 aliphatic heterocycles. The number of fused-ring (bicyclic) bond motifs is 5. The maximum Gasteiger partial charge on any atom is 0.153 e. The van der Waals surface area contributed by atoms with Crippen LogP contribution >= 0.6 is 11.8 Å². The van der Waals surface area contributed by atoms with Crippen LogP contribution in [0.4, 0.5) is 11.4 Å². The second kappa shape index (κ2) is 3.44. The number of allylic oxidation sites excluding steroid dienone is 2. The molecule has 1 aliphatic carbocycles. The number of anilines is 2. The van der Waals surface area contributed by atoms with Gasteiger partial charge in [0.05, 0.1) is 17.4 Å². The summed E-state index contributed by atoms with van der Waals surface area (Å²) in [5, 5.41) is 5.82. The molecular weight excluding hydrogens is 228 g/mol. The standard InChI is InChI=1S/C14H12N2S/c1-3-7-12-10(5-1)9-17-14-15-11-6-2-4-8-13(11)16(12)14/h1-9,12,14-15H. The van der Waals surface area contributed by atoms with Crippen molar-refractivity contribution in [1.29, 1.82) is 0 Å². The van der Waals surface area contributed by atoms with E-state index in [9.17, 15) is 0 Å². The second-order valence-electron chi connectivity index (χ2n) is 4.36. The molecule has 1 N–H and O–H groups in total. The smallest absolute Gasteiger partial charge is 0.153 e. The van der Waals surface area contributed by atoms with Crippen LogP contribution in [0.2, 0.25) is 0 Å². The summed E-state index contributed by atoms with van der Waals surface area (Å²) in [4.78, 5) is 2.45. The molecule has 1 aromatic carbocycles. The average Bonchev–Trinajstić information content (AvgIpc) is 2.77. The third kappa shape index (κ3) is 1.29. The van der Waals surface area contributed by atoms with E-state index >= 15 is 0 Å². The fourth-order valence-corrected chi connectivity index (χ4v) is 3.67. The fraction of sp³-hybridized carbons (Fsp3) is 0.143. The van der Waals surface area contributed by atoms with Gasteiger partial charge in [-0.25, -0.2) is 0 Å². The topological polar surface area (TPSA) is 15.3 Å². The van der Waals surface area contributed by atoms with Crippen LogP contribution in [0.25, 0.3) is 0 Å². The van der Waals surface area contributed by atoms with Gasteiger partial charge in [-0.2, -0.15) is 0 Å². The highest BCUT2D eigenvalue weighted by molar-refractivity contribution is 8.03. The molecule has 2 unspecified atom stereocenters. The first-order valence-corrected chi connectivity index (χ1v) is 6.72. The van der Waals surface area contributed by atoms with E-state index in [4.69, 9.17) is 0 Å². The first-order valence-electron chi connectivity index (χ1n) is 5.78. The molecule has 0 fully saturated rings. The van der Waals surface area contributed by atoms with Crippen molar-refractivity contribution >= 4 is 23.1 Å². The van der Waals surface area contributed by atoms with Crippen LogP contribution in [0.1, 0.15) is 0 Å². The summed E-state index contributed by atoms with van der Waals surface area (Å²) >= 11 is 1.84. The van der Waals surface area contributed by atoms with E-state index < -0.39 is 0 Å². The van der Waals surface area contributed by atoms with E-state index in [0.717, 1.165) is 0 Å². The second-order valence-corrected chi connectivity index (χ2v) is 5.32. The van der Waals surface area contributed by atoms with Crippen molar-refractivity contribution < 1.29 is 0 Å². The molecule has 0 saturated carbocycles. The summed E-state index contributed by atoms with van der Waals surface area (Å²) in [5.74, 6) is 0. The van der Waals surface area contributed by atoms with Gasteiger partial charge in [-0.1, -0.05) is 48.2 Å². The number of thioether (sulfide) groups is 1. The third-order valence-electron chi connectivity index (χ3n) is 3.38. The normalized spacial score (nSPS) is 28.0. The molecule has 0 spiro atoms. The molecule has 84 valence electrons. The number of nitrogens with zero attached hydrogens (tertiary/aromatic N) is 1. The van der Waals surface area contributed by atoms with Crippen molar-refractivity contribution in [3.8, 4) is 0 Å². The van der Waals surface area contributed by atoms with Gasteiger partial charge < -0.3 is 10.2 Å². The molecule has 2 heterocycles. The molecule has 17 heavy (non-hydrogen) atoms. The van der Waals surface area contributed by atoms with Crippen molar-refractivity contribution in [3.63, 3.8) is 0 Å². The van der Waals surface area contributed by atoms with E-state index in [1.165, 1.54) is 16.9 Å². The Hall–Kier alpha value is -1.61. The van der Waals surface area contributed by atoms with Gasteiger partial charge in [-0.15, -0.1) is 0 Å². The minimum Gasteiger partial charge on any atom is -0.355 e. The largest absolute Gasteiger partial charge is 0.355 e. The van der Waals surface area contributed by atoms with Crippen LogP contribution in [0.15, 0.2) is 59.6 Å². The van der Waals surface area contributed by atoms with Crippen molar-refractivity contribution in [2.75, 3.05) is 10.2 Å². The zero-order chi connectivity index (χ0) is 11.2. The lowest BCUT2D eigenvalue weighted by molar-refractivity contribution is 0.782. The number of benzene rings is 1. The Morgan fingerprint density at radius 2 is 2.12 bits per heavy atom. The highest BCUT2D eigenvalue weighted by Gasteiger charge is 2.37. The SMILES string of the molecule is C1=CC2=CSC3Nc4ccccc4N3C2C=C1. The van der Waals surface area contributed by atoms with Crippen LogP contribution in [0, 0.1) is 0 Å². The molecule has 3 aliphatic rings. The quantitative estimate of drug-likeness (QED) is 0.749. The summed E-state index contributed by atoms with van der Waals surface area (Å²) in [6, 6.07) is 8.91. The fourth-order valence-electron chi connectivity index (χ4n) is 2.60. The predicted molar refractivity (Wildman–Crippen MR) is 74.1 cm³/mol.